The van der Waals surface area contributed by atoms with Crippen molar-refractivity contribution < 1.29 is 13.2 Å². The average Bonchev–Trinajstić information content (AvgIpc) is 2.61. The third-order valence-corrected chi connectivity index (χ3v) is 6.46. The van der Waals surface area contributed by atoms with E-state index in [1.54, 1.807) is 6.33 Å². The molecule has 0 bridgehead atoms. The molecule has 2 heterocycles. The Balaban J connectivity index is 1.54. The van der Waals surface area contributed by atoms with E-state index in [2.05, 4.69) is 20.2 Å². The van der Waals surface area contributed by atoms with Crippen LogP contribution in [0.3, 0.4) is 0 Å². The molecule has 0 spiro atoms. The topological polar surface area (TPSA) is 95.5 Å². The van der Waals surface area contributed by atoms with Crippen LogP contribution in [0, 0.1) is 0 Å². The van der Waals surface area contributed by atoms with E-state index in [0.717, 1.165) is 55.2 Å². The summed E-state index contributed by atoms with van der Waals surface area (Å²) in [6.45, 7) is 1.52. The Hall–Kier alpha value is -1.74. The van der Waals surface area contributed by atoms with E-state index >= 15 is 0 Å². The lowest BCUT2D eigenvalue weighted by molar-refractivity contribution is -0.121. The maximum atomic E-state index is 12.1. The number of nitrogens with one attached hydrogen (secondary N) is 1. The number of sulfonamides is 1. The van der Waals surface area contributed by atoms with Gasteiger partial charge in [-0.25, -0.2) is 18.4 Å². The highest BCUT2D eigenvalue weighted by Crippen LogP contribution is 2.28. The summed E-state index contributed by atoms with van der Waals surface area (Å²) < 4.78 is 23.9. The third-order valence-electron chi connectivity index (χ3n) is 5.19. The summed E-state index contributed by atoms with van der Waals surface area (Å²) >= 11 is 0. The van der Waals surface area contributed by atoms with E-state index in [0.29, 0.717) is 0 Å². The van der Waals surface area contributed by atoms with Gasteiger partial charge in [0.15, 0.2) is 0 Å². The lowest BCUT2D eigenvalue weighted by Gasteiger charge is -2.35. The molecule has 26 heavy (non-hydrogen) atoms. The van der Waals surface area contributed by atoms with Gasteiger partial charge in [-0.1, -0.05) is 0 Å². The molecule has 0 unspecified atom stereocenters. The summed E-state index contributed by atoms with van der Waals surface area (Å²) in [7, 11) is -1.93. The highest BCUT2D eigenvalue weighted by atomic mass is 32.2. The lowest BCUT2D eigenvalue weighted by Crippen LogP contribution is -2.48. The summed E-state index contributed by atoms with van der Waals surface area (Å²) in [5.74, 6) is 0.798. The SMILES string of the molecule is CN(CC(=O)NC1CCN(c2ncnc3c2CCCC3)CC1)S(C)(=O)=O. The quantitative estimate of drug-likeness (QED) is 0.790. The zero-order valence-electron chi connectivity index (χ0n) is 15.4. The van der Waals surface area contributed by atoms with Gasteiger partial charge in [0, 0.05) is 37.4 Å². The molecule has 1 aromatic heterocycles. The number of carbonyl (C=O) groups excluding carboxylic acids is 1. The summed E-state index contributed by atoms with van der Waals surface area (Å²) in [4.78, 5) is 23.3. The largest absolute Gasteiger partial charge is 0.356 e. The van der Waals surface area contributed by atoms with Gasteiger partial charge in [0.05, 0.1) is 12.8 Å². The molecule has 3 rings (SSSR count). The van der Waals surface area contributed by atoms with Gasteiger partial charge < -0.3 is 10.2 Å². The van der Waals surface area contributed by atoms with Crippen LogP contribution in [0.25, 0.3) is 0 Å². The molecule has 0 radical (unpaired) electrons. The van der Waals surface area contributed by atoms with Crippen LogP contribution >= 0.6 is 0 Å². The first-order valence-corrected chi connectivity index (χ1v) is 11.0. The Bertz CT molecular complexity index is 760. The Morgan fingerprint density at radius 2 is 1.96 bits per heavy atom. The van der Waals surface area contributed by atoms with Crippen molar-refractivity contribution in [3.63, 3.8) is 0 Å². The predicted octanol–water partition coefficient (Wildman–Crippen LogP) is 0.332. The number of nitrogens with zero attached hydrogens (tertiary/aromatic N) is 4. The number of hydrogen-bond donors (Lipinski definition) is 1. The van der Waals surface area contributed by atoms with E-state index < -0.39 is 10.0 Å². The molecular formula is C17H27N5O3S. The summed E-state index contributed by atoms with van der Waals surface area (Å²) in [6.07, 6.45) is 8.87. The molecular weight excluding hydrogens is 354 g/mol. The molecule has 1 amide bonds. The van der Waals surface area contributed by atoms with Crippen molar-refractivity contribution in [3.05, 3.63) is 17.6 Å². The van der Waals surface area contributed by atoms with Crippen molar-refractivity contribution >= 4 is 21.7 Å². The molecule has 0 atom stereocenters. The van der Waals surface area contributed by atoms with Crippen LogP contribution < -0.4 is 10.2 Å². The first-order chi connectivity index (χ1) is 12.3. The van der Waals surface area contributed by atoms with Crippen LogP contribution in [0.15, 0.2) is 6.33 Å². The Labute approximate surface area is 155 Å². The average molecular weight is 382 g/mol. The number of hydrogen-bond acceptors (Lipinski definition) is 6. The fourth-order valence-corrected chi connectivity index (χ4v) is 3.96. The molecule has 0 aromatic carbocycles. The zero-order valence-corrected chi connectivity index (χ0v) is 16.3. The van der Waals surface area contributed by atoms with Gasteiger partial charge >= 0.3 is 0 Å². The summed E-state index contributed by atoms with van der Waals surface area (Å²) in [5.41, 5.74) is 2.47. The molecule has 1 aromatic rings. The van der Waals surface area contributed by atoms with Crippen molar-refractivity contribution in [3.8, 4) is 0 Å². The second-order valence-electron chi connectivity index (χ2n) is 7.18. The van der Waals surface area contributed by atoms with Crippen LogP contribution in [0.4, 0.5) is 5.82 Å². The lowest BCUT2D eigenvalue weighted by atomic mass is 9.95. The molecule has 144 valence electrons. The van der Waals surface area contributed by atoms with Crippen LogP contribution in [0.2, 0.25) is 0 Å². The van der Waals surface area contributed by atoms with Crippen LogP contribution in [0.1, 0.15) is 36.9 Å². The van der Waals surface area contributed by atoms with Gasteiger partial charge in [0.1, 0.15) is 12.1 Å². The monoisotopic (exact) mass is 381 g/mol. The minimum absolute atomic E-state index is 0.0735. The minimum atomic E-state index is -3.34. The van der Waals surface area contributed by atoms with E-state index in [9.17, 15) is 13.2 Å². The molecule has 2 aliphatic rings. The van der Waals surface area contributed by atoms with Crippen LogP contribution in [-0.4, -0.2) is 67.6 Å². The van der Waals surface area contributed by atoms with Crippen molar-refractivity contribution in [2.75, 3.05) is 37.8 Å². The number of fused-ring (bicyclic) bond motifs is 1. The molecule has 1 aliphatic heterocycles. The predicted molar refractivity (Wildman–Crippen MR) is 99.5 cm³/mol. The van der Waals surface area contributed by atoms with Gasteiger partial charge in [-0.3, -0.25) is 4.79 Å². The molecule has 1 fully saturated rings. The molecule has 9 heteroatoms. The highest BCUT2D eigenvalue weighted by Gasteiger charge is 2.26. The Kier molecular flexibility index (Phi) is 5.76. The van der Waals surface area contributed by atoms with Crippen LogP contribution in [-0.2, 0) is 27.7 Å². The van der Waals surface area contributed by atoms with Crippen LogP contribution in [0.5, 0.6) is 0 Å². The fourth-order valence-electron chi connectivity index (χ4n) is 3.60. The standard InChI is InChI=1S/C17H27N5O3S/c1-21(26(2,24)25)11-16(23)20-13-7-9-22(10-8-13)17-14-5-3-4-6-15(14)18-12-19-17/h12-13H,3-11H2,1-2H3,(H,20,23). The van der Waals surface area contributed by atoms with E-state index in [1.165, 1.54) is 31.1 Å². The third kappa shape index (κ3) is 4.50. The van der Waals surface area contributed by atoms with Crippen molar-refractivity contribution in [2.45, 2.75) is 44.6 Å². The van der Waals surface area contributed by atoms with Gasteiger partial charge in [0.2, 0.25) is 15.9 Å². The molecule has 1 saturated heterocycles. The summed E-state index contributed by atoms with van der Waals surface area (Å²) in [6, 6.07) is 0.0735. The van der Waals surface area contributed by atoms with Crippen molar-refractivity contribution in [1.82, 2.24) is 19.6 Å². The van der Waals surface area contributed by atoms with E-state index in [-0.39, 0.29) is 18.5 Å². The smallest absolute Gasteiger partial charge is 0.235 e. The van der Waals surface area contributed by atoms with Gasteiger partial charge in [0.25, 0.3) is 0 Å². The van der Waals surface area contributed by atoms with Crippen molar-refractivity contribution in [1.29, 1.82) is 0 Å². The maximum absolute atomic E-state index is 12.1. The molecule has 1 aliphatic carbocycles. The normalized spacial score (nSPS) is 18.7. The number of aryl methyl sites for hydroxylation is 1. The minimum Gasteiger partial charge on any atom is -0.356 e. The van der Waals surface area contributed by atoms with Crippen molar-refractivity contribution in [2.24, 2.45) is 0 Å². The molecule has 1 N–H and O–H groups in total. The number of carbonyl (C=O) groups is 1. The Morgan fingerprint density at radius 1 is 1.27 bits per heavy atom. The number of likely N-dealkylation sites (N-methyl/N-ethyl adjacent to an activating group) is 1. The maximum Gasteiger partial charge on any atom is 0.235 e. The van der Waals surface area contributed by atoms with Gasteiger partial charge in [-0.05, 0) is 38.5 Å². The van der Waals surface area contributed by atoms with E-state index in [1.807, 2.05) is 0 Å². The second-order valence-corrected chi connectivity index (χ2v) is 9.27. The highest BCUT2D eigenvalue weighted by molar-refractivity contribution is 7.88. The molecule has 8 nitrogen and oxygen atoms in total. The second kappa shape index (κ2) is 7.87. The Morgan fingerprint density at radius 3 is 2.65 bits per heavy atom. The first kappa shape index (κ1) is 19.0. The summed E-state index contributed by atoms with van der Waals surface area (Å²) in [5, 5.41) is 2.95. The van der Waals surface area contributed by atoms with Gasteiger partial charge in [-0.15, -0.1) is 0 Å². The molecule has 0 saturated carbocycles. The number of amides is 1. The number of rotatable bonds is 5. The number of anilines is 1. The number of piperidine rings is 1. The number of aromatic nitrogens is 2. The zero-order chi connectivity index (χ0) is 18.7. The first-order valence-electron chi connectivity index (χ1n) is 9.13. The van der Waals surface area contributed by atoms with E-state index in [4.69, 9.17) is 0 Å². The van der Waals surface area contributed by atoms with Gasteiger partial charge in [-0.2, -0.15) is 4.31 Å². The fraction of sp³-hybridized carbons (Fsp3) is 0.706.